The Bertz CT molecular complexity index is 685. The molecule has 5 heteroatoms. The lowest BCUT2D eigenvalue weighted by Gasteiger charge is -2.07. The van der Waals surface area contributed by atoms with Crippen molar-refractivity contribution in [3.8, 4) is 0 Å². The highest BCUT2D eigenvalue weighted by molar-refractivity contribution is 5.87. The van der Waals surface area contributed by atoms with Crippen molar-refractivity contribution in [1.82, 2.24) is 5.32 Å². The van der Waals surface area contributed by atoms with Crippen LogP contribution in [0.1, 0.15) is 34.3 Å². The molecule has 5 nitrogen and oxygen atoms in total. The number of nitrogens with one attached hydrogen (secondary N) is 1. The molecule has 0 aliphatic rings. The molecule has 0 radical (unpaired) electrons. The minimum atomic E-state index is -0.943. The van der Waals surface area contributed by atoms with E-state index in [4.69, 9.17) is 9.84 Å². The number of hydrogen-bond acceptors (Lipinski definition) is 3. The summed E-state index contributed by atoms with van der Waals surface area (Å²) in [6, 6.07) is 16.7. The van der Waals surface area contributed by atoms with Gasteiger partial charge in [0.05, 0.1) is 12.2 Å². The normalized spacial score (nSPS) is 10.4. The van der Waals surface area contributed by atoms with Gasteiger partial charge in [0.25, 0.3) is 0 Å². The Labute approximate surface area is 147 Å². The lowest BCUT2D eigenvalue weighted by molar-refractivity contribution is -0.121. The molecule has 0 saturated carbocycles. The topological polar surface area (TPSA) is 75.6 Å². The first kappa shape index (κ1) is 18.7. The highest BCUT2D eigenvalue weighted by Gasteiger charge is 2.04. The quantitative estimate of drug-likeness (QED) is 0.651. The number of carbonyl (C=O) groups is 2. The second-order valence-corrected chi connectivity index (χ2v) is 5.75. The highest BCUT2D eigenvalue weighted by atomic mass is 16.5. The van der Waals surface area contributed by atoms with Gasteiger partial charge in [-0.3, -0.25) is 4.79 Å². The summed E-state index contributed by atoms with van der Waals surface area (Å²) in [5, 5.41) is 11.8. The Hall–Kier alpha value is -2.66. The van der Waals surface area contributed by atoms with Gasteiger partial charge in [-0.15, -0.1) is 0 Å². The highest BCUT2D eigenvalue weighted by Crippen LogP contribution is 2.06. The number of carbonyl (C=O) groups excluding carboxylic acids is 1. The van der Waals surface area contributed by atoms with Crippen LogP contribution in [-0.2, 0) is 22.6 Å². The van der Waals surface area contributed by atoms with Crippen molar-refractivity contribution in [3.05, 3.63) is 71.3 Å². The molecule has 0 saturated heterocycles. The number of carboxylic acid groups (broad SMARTS) is 1. The van der Waals surface area contributed by atoms with Gasteiger partial charge in [-0.2, -0.15) is 0 Å². The lowest BCUT2D eigenvalue weighted by Crippen LogP contribution is -2.25. The molecule has 0 aromatic heterocycles. The fourth-order valence-electron chi connectivity index (χ4n) is 2.39. The fourth-order valence-corrected chi connectivity index (χ4v) is 2.39. The van der Waals surface area contributed by atoms with Gasteiger partial charge in [0.15, 0.2) is 0 Å². The average molecular weight is 341 g/mol. The molecule has 1 amide bonds. The smallest absolute Gasteiger partial charge is 0.335 e. The molecule has 0 unspecified atom stereocenters. The second-order valence-electron chi connectivity index (χ2n) is 5.75. The minimum Gasteiger partial charge on any atom is -0.478 e. The Morgan fingerprint density at radius 2 is 1.76 bits per heavy atom. The monoisotopic (exact) mass is 341 g/mol. The summed E-state index contributed by atoms with van der Waals surface area (Å²) in [5.41, 5.74) is 2.28. The van der Waals surface area contributed by atoms with Crippen LogP contribution in [0.15, 0.2) is 54.6 Å². The largest absolute Gasteiger partial charge is 0.478 e. The number of carboxylic acids is 1. The maximum Gasteiger partial charge on any atom is 0.335 e. The van der Waals surface area contributed by atoms with Crippen molar-refractivity contribution in [2.45, 2.75) is 25.9 Å². The van der Waals surface area contributed by atoms with E-state index >= 15 is 0 Å². The molecule has 0 atom stereocenters. The standard InChI is InChI=1S/C20H23NO4/c22-19(10-5-13-25-15-17-6-2-1-3-7-17)21-12-11-16-8-4-9-18(14-16)20(23)24/h1-4,6-9,14H,5,10-13,15H2,(H,21,22)(H,23,24). The number of hydrogen-bond donors (Lipinski definition) is 2. The van der Waals surface area contributed by atoms with E-state index in [-0.39, 0.29) is 11.5 Å². The summed E-state index contributed by atoms with van der Waals surface area (Å²) < 4.78 is 5.54. The third-order valence-corrected chi connectivity index (χ3v) is 3.71. The van der Waals surface area contributed by atoms with Crippen LogP contribution in [0.2, 0.25) is 0 Å². The molecule has 2 aromatic rings. The minimum absolute atomic E-state index is 0.0160. The van der Waals surface area contributed by atoms with Crippen LogP contribution in [0.4, 0.5) is 0 Å². The molecule has 2 rings (SSSR count). The molecule has 0 fully saturated rings. The van der Waals surface area contributed by atoms with E-state index in [1.165, 1.54) is 0 Å². The van der Waals surface area contributed by atoms with Gasteiger partial charge in [0.2, 0.25) is 5.91 Å². The van der Waals surface area contributed by atoms with E-state index in [1.807, 2.05) is 36.4 Å². The molecule has 0 aliphatic carbocycles. The molecule has 132 valence electrons. The van der Waals surface area contributed by atoms with Crippen LogP contribution in [-0.4, -0.2) is 30.1 Å². The zero-order valence-corrected chi connectivity index (χ0v) is 14.1. The summed E-state index contributed by atoms with van der Waals surface area (Å²) in [4.78, 5) is 22.7. The van der Waals surface area contributed by atoms with Crippen molar-refractivity contribution in [3.63, 3.8) is 0 Å². The first-order chi connectivity index (χ1) is 12.1. The summed E-state index contributed by atoms with van der Waals surface area (Å²) in [6.45, 7) is 1.60. The average Bonchev–Trinajstić information content (AvgIpc) is 2.62. The van der Waals surface area contributed by atoms with Crippen LogP contribution in [0.5, 0.6) is 0 Å². The number of benzene rings is 2. The van der Waals surface area contributed by atoms with Gasteiger partial charge in [0.1, 0.15) is 0 Å². The predicted molar refractivity (Wildman–Crippen MR) is 95.4 cm³/mol. The molecule has 0 aliphatic heterocycles. The maximum atomic E-state index is 11.8. The van der Waals surface area contributed by atoms with Gasteiger partial charge in [0, 0.05) is 19.6 Å². The van der Waals surface area contributed by atoms with Gasteiger partial charge < -0.3 is 15.2 Å². The number of ether oxygens (including phenoxy) is 1. The number of rotatable bonds is 10. The Kier molecular flexibility index (Phi) is 7.66. The van der Waals surface area contributed by atoms with Crippen molar-refractivity contribution < 1.29 is 19.4 Å². The van der Waals surface area contributed by atoms with Crippen molar-refractivity contribution >= 4 is 11.9 Å². The molecule has 2 aromatic carbocycles. The van der Waals surface area contributed by atoms with Gasteiger partial charge in [-0.1, -0.05) is 42.5 Å². The Balaban J connectivity index is 1.56. The molecule has 25 heavy (non-hydrogen) atoms. The molecular formula is C20H23NO4. The summed E-state index contributed by atoms with van der Waals surface area (Å²) >= 11 is 0. The van der Waals surface area contributed by atoms with Crippen molar-refractivity contribution in [2.24, 2.45) is 0 Å². The van der Waals surface area contributed by atoms with Gasteiger partial charge in [-0.05, 0) is 36.1 Å². The lowest BCUT2D eigenvalue weighted by atomic mass is 10.1. The van der Waals surface area contributed by atoms with Crippen LogP contribution in [0.3, 0.4) is 0 Å². The second kappa shape index (κ2) is 10.3. The first-order valence-corrected chi connectivity index (χ1v) is 8.36. The molecular weight excluding hydrogens is 318 g/mol. The van der Waals surface area contributed by atoms with Crippen molar-refractivity contribution in [1.29, 1.82) is 0 Å². The predicted octanol–water partition coefficient (Wildman–Crippen LogP) is 3.04. The van der Waals surface area contributed by atoms with E-state index < -0.39 is 5.97 Å². The van der Waals surface area contributed by atoms with Crippen LogP contribution < -0.4 is 5.32 Å². The summed E-state index contributed by atoms with van der Waals surface area (Å²) in [5.74, 6) is -0.959. The first-order valence-electron chi connectivity index (χ1n) is 8.36. The van der Waals surface area contributed by atoms with Crippen LogP contribution >= 0.6 is 0 Å². The van der Waals surface area contributed by atoms with Gasteiger partial charge >= 0.3 is 5.97 Å². The molecule has 2 N–H and O–H groups in total. The molecule has 0 heterocycles. The summed E-state index contributed by atoms with van der Waals surface area (Å²) in [7, 11) is 0. The van der Waals surface area contributed by atoms with E-state index in [2.05, 4.69) is 5.32 Å². The van der Waals surface area contributed by atoms with Crippen LogP contribution in [0, 0.1) is 0 Å². The zero-order chi connectivity index (χ0) is 17.9. The molecule has 0 bridgehead atoms. The molecule has 0 spiro atoms. The number of amides is 1. The SMILES string of the molecule is O=C(CCCOCc1ccccc1)NCCc1cccc(C(=O)O)c1. The summed E-state index contributed by atoms with van der Waals surface area (Å²) in [6.07, 6.45) is 1.70. The third kappa shape index (κ3) is 7.18. The Morgan fingerprint density at radius 3 is 2.52 bits per heavy atom. The van der Waals surface area contributed by atoms with E-state index in [9.17, 15) is 9.59 Å². The van der Waals surface area contributed by atoms with E-state index in [1.54, 1.807) is 18.2 Å². The third-order valence-electron chi connectivity index (χ3n) is 3.71. The number of aromatic carboxylic acids is 1. The van der Waals surface area contributed by atoms with E-state index in [0.717, 1.165) is 11.1 Å². The Morgan fingerprint density at radius 1 is 1.00 bits per heavy atom. The van der Waals surface area contributed by atoms with Crippen LogP contribution in [0.25, 0.3) is 0 Å². The maximum absolute atomic E-state index is 11.8. The fraction of sp³-hybridized carbons (Fsp3) is 0.300. The van der Waals surface area contributed by atoms with Gasteiger partial charge in [-0.25, -0.2) is 4.79 Å². The zero-order valence-electron chi connectivity index (χ0n) is 14.1. The van der Waals surface area contributed by atoms with Crippen molar-refractivity contribution in [2.75, 3.05) is 13.2 Å². The van der Waals surface area contributed by atoms with E-state index in [0.29, 0.717) is 39.0 Å².